The van der Waals surface area contributed by atoms with Gasteiger partial charge in [-0.2, -0.15) is 5.26 Å². The highest BCUT2D eigenvalue weighted by atomic mass is 35.5. The van der Waals surface area contributed by atoms with Gasteiger partial charge in [-0.3, -0.25) is 9.59 Å². The maximum atomic E-state index is 13.4. The average Bonchev–Trinajstić information content (AvgIpc) is 2.87. The number of hydrogen-bond donors (Lipinski definition) is 3. The summed E-state index contributed by atoms with van der Waals surface area (Å²) in [5, 5.41) is 14.8. The highest BCUT2D eigenvalue weighted by molar-refractivity contribution is 7.95. The Morgan fingerprint density at radius 3 is 2.74 bits per heavy atom. The van der Waals surface area contributed by atoms with Crippen molar-refractivity contribution >= 4 is 46.9 Å². The van der Waals surface area contributed by atoms with E-state index in [0.717, 1.165) is 31.6 Å². The molecule has 2 aliphatic heterocycles. The molecule has 184 valence electrons. The van der Waals surface area contributed by atoms with Crippen LogP contribution in [0.4, 0.5) is 15.8 Å². The predicted molar refractivity (Wildman–Crippen MR) is 133 cm³/mol. The molecule has 0 aliphatic carbocycles. The molecule has 2 saturated heterocycles. The second kappa shape index (κ2) is 11.2. The molecule has 3 N–H and O–H groups in total. The first-order chi connectivity index (χ1) is 16.8. The Morgan fingerprint density at radius 2 is 2.03 bits per heavy atom. The van der Waals surface area contributed by atoms with E-state index in [4.69, 9.17) is 16.9 Å². The molecule has 0 bridgehead atoms. The quantitative estimate of drug-likeness (QED) is 0.519. The number of benzene rings is 1. The highest BCUT2D eigenvalue weighted by Crippen LogP contribution is 2.25. The van der Waals surface area contributed by atoms with Crippen molar-refractivity contribution in [3.8, 4) is 6.07 Å². The molecule has 2 aromatic rings. The van der Waals surface area contributed by atoms with Crippen molar-refractivity contribution in [2.24, 2.45) is 0 Å². The standard InChI is InChI=1S/C23H25ClFN7O2S/c1-31-21(23(34)29-15-2-3-19(25)18(24)11-15)12-20(30-35-31)22(33)28-14-5-8-32(9-6-14)17-4-7-27-16(10-17)13-26/h2-4,7,10-11,14,20-21,30H,5-6,8-9,12H2,1H3,(H,28,33)(H,29,34). The van der Waals surface area contributed by atoms with Crippen molar-refractivity contribution in [1.29, 1.82) is 5.26 Å². The predicted octanol–water partition coefficient (Wildman–Crippen LogP) is 2.69. The van der Waals surface area contributed by atoms with E-state index in [9.17, 15) is 14.0 Å². The lowest BCUT2D eigenvalue weighted by Gasteiger charge is -2.37. The number of nitrogens with one attached hydrogen (secondary N) is 3. The molecular formula is C23H25ClFN7O2S. The van der Waals surface area contributed by atoms with Gasteiger partial charge in [0.15, 0.2) is 0 Å². The zero-order valence-corrected chi connectivity index (χ0v) is 20.6. The number of carbonyl (C=O) groups is 2. The maximum Gasteiger partial charge on any atom is 0.242 e. The van der Waals surface area contributed by atoms with Gasteiger partial charge in [0.25, 0.3) is 0 Å². The van der Waals surface area contributed by atoms with E-state index in [2.05, 4.69) is 31.3 Å². The average molecular weight is 518 g/mol. The summed E-state index contributed by atoms with van der Waals surface area (Å²) in [6.45, 7) is 1.50. The van der Waals surface area contributed by atoms with Gasteiger partial charge in [0, 0.05) is 48.8 Å². The van der Waals surface area contributed by atoms with Crippen LogP contribution in [0.15, 0.2) is 36.5 Å². The summed E-state index contributed by atoms with van der Waals surface area (Å²) in [4.78, 5) is 32.0. The first-order valence-corrected chi connectivity index (χ1v) is 12.3. The molecule has 0 spiro atoms. The number of piperidine rings is 1. The van der Waals surface area contributed by atoms with Crippen LogP contribution in [0.5, 0.6) is 0 Å². The summed E-state index contributed by atoms with van der Waals surface area (Å²) in [5.74, 6) is -1.01. The first kappa shape index (κ1) is 25.2. The van der Waals surface area contributed by atoms with Gasteiger partial charge in [0.05, 0.1) is 11.1 Å². The fourth-order valence-electron chi connectivity index (χ4n) is 4.12. The van der Waals surface area contributed by atoms with E-state index < -0.39 is 17.9 Å². The number of likely N-dealkylation sites (N-methyl/N-ethyl adjacent to an activating group) is 1. The van der Waals surface area contributed by atoms with Gasteiger partial charge in [-0.1, -0.05) is 11.6 Å². The number of halogens is 2. The molecule has 12 heteroatoms. The van der Waals surface area contributed by atoms with Gasteiger partial charge in [-0.25, -0.2) is 18.4 Å². The van der Waals surface area contributed by atoms with Gasteiger partial charge in [0.1, 0.15) is 23.6 Å². The maximum absolute atomic E-state index is 13.4. The van der Waals surface area contributed by atoms with Crippen molar-refractivity contribution < 1.29 is 14.0 Å². The Balaban J connectivity index is 1.29. The minimum atomic E-state index is -0.566. The molecule has 2 fully saturated rings. The van der Waals surface area contributed by atoms with Gasteiger partial charge < -0.3 is 15.5 Å². The third-order valence-electron chi connectivity index (χ3n) is 6.11. The molecule has 4 rings (SSSR count). The summed E-state index contributed by atoms with van der Waals surface area (Å²) in [7, 11) is 1.76. The fraction of sp³-hybridized carbons (Fsp3) is 0.391. The number of rotatable bonds is 5. The molecule has 0 radical (unpaired) electrons. The van der Waals surface area contributed by atoms with Crippen molar-refractivity contribution in [3.63, 3.8) is 0 Å². The molecule has 1 aromatic carbocycles. The lowest BCUT2D eigenvalue weighted by atomic mass is 10.0. The number of carbonyl (C=O) groups excluding carboxylic acids is 2. The van der Waals surface area contributed by atoms with Gasteiger partial charge in [-0.05, 0) is 56.6 Å². The summed E-state index contributed by atoms with van der Waals surface area (Å²) in [5.41, 5.74) is 1.72. The lowest BCUT2D eigenvalue weighted by Crippen LogP contribution is -2.56. The van der Waals surface area contributed by atoms with E-state index in [1.54, 1.807) is 23.6 Å². The van der Waals surface area contributed by atoms with Crippen molar-refractivity contribution in [2.45, 2.75) is 37.4 Å². The van der Waals surface area contributed by atoms with Crippen molar-refractivity contribution in [3.05, 3.63) is 53.1 Å². The Kier molecular flexibility index (Phi) is 8.07. The Bertz CT molecular complexity index is 1140. The van der Waals surface area contributed by atoms with Crippen molar-refractivity contribution in [1.82, 2.24) is 19.3 Å². The number of hydrogen-bond acceptors (Lipinski definition) is 8. The Morgan fingerprint density at radius 1 is 1.26 bits per heavy atom. The molecule has 1 aromatic heterocycles. The lowest BCUT2D eigenvalue weighted by molar-refractivity contribution is -0.125. The van der Waals surface area contributed by atoms with Crippen LogP contribution in [0.1, 0.15) is 25.0 Å². The molecule has 3 heterocycles. The van der Waals surface area contributed by atoms with Gasteiger partial charge in [-0.15, -0.1) is 0 Å². The Hall–Kier alpha value is -2.91. The Labute approximate surface area is 212 Å². The van der Waals surface area contributed by atoms with Crippen LogP contribution in [0.2, 0.25) is 5.02 Å². The van der Waals surface area contributed by atoms with Crippen LogP contribution in [-0.4, -0.2) is 59.4 Å². The zero-order valence-electron chi connectivity index (χ0n) is 19.0. The third kappa shape index (κ3) is 6.21. The smallest absolute Gasteiger partial charge is 0.242 e. The SMILES string of the molecule is CN1SNC(C(=O)NC2CCN(c3ccnc(C#N)c3)CC2)CC1C(=O)Nc1ccc(F)c(Cl)c1. The molecule has 35 heavy (non-hydrogen) atoms. The first-order valence-electron chi connectivity index (χ1n) is 11.2. The van der Waals surface area contributed by atoms with Crippen LogP contribution in [-0.2, 0) is 9.59 Å². The molecule has 2 unspecified atom stereocenters. The van der Waals surface area contributed by atoms with E-state index in [-0.39, 0.29) is 29.3 Å². The molecule has 0 saturated carbocycles. The largest absolute Gasteiger partial charge is 0.371 e. The summed E-state index contributed by atoms with van der Waals surface area (Å²) < 4.78 is 18.2. The van der Waals surface area contributed by atoms with Crippen molar-refractivity contribution in [2.75, 3.05) is 30.4 Å². The minimum Gasteiger partial charge on any atom is -0.371 e. The number of nitrogens with zero attached hydrogens (tertiary/aromatic N) is 4. The topological polar surface area (TPSA) is 113 Å². The second-order valence-corrected chi connectivity index (χ2v) is 9.86. The summed E-state index contributed by atoms with van der Waals surface area (Å²) in [6, 6.07) is 8.60. The molecule has 2 atom stereocenters. The van der Waals surface area contributed by atoms with Gasteiger partial charge in [0.2, 0.25) is 11.8 Å². The number of pyridine rings is 1. The van der Waals surface area contributed by atoms with Crippen LogP contribution < -0.4 is 20.3 Å². The van der Waals surface area contributed by atoms with E-state index in [0.29, 0.717) is 11.4 Å². The molecular weight excluding hydrogens is 493 g/mol. The highest BCUT2D eigenvalue weighted by Gasteiger charge is 2.36. The van der Waals surface area contributed by atoms with E-state index in [1.807, 2.05) is 6.07 Å². The monoisotopic (exact) mass is 517 g/mol. The van der Waals surface area contributed by atoms with Crippen LogP contribution in [0, 0.1) is 17.1 Å². The fourth-order valence-corrected chi connectivity index (χ4v) is 5.11. The summed E-state index contributed by atoms with van der Waals surface area (Å²) in [6.07, 6.45) is 3.45. The van der Waals surface area contributed by atoms with E-state index in [1.165, 1.54) is 30.3 Å². The van der Waals surface area contributed by atoms with E-state index >= 15 is 0 Å². The number of nitriles is 1. The number of anilines is 2. The van der Waals surface area contributed by atoms with Crippen LogP contribution in [0.3, 0.4) is 0 Å². The van der Waals surface area contributed by atoms with Gasteiger partial charge >= 0.3 is 0 Å². The third-order valence-corrected chi connectivity index (χ3v) is 7.33. The molecule has 2 aliphatic rings. The van der Waals surface area contributed by atoms with Crippen LogP contribution >= 0.6 is 23.7 Å². The molecule has 2 amide bonds. The molecule has 9 nitrogen and oxygen atoms in total. The number of amides is 2. The minimum absolute atomic E-state index is 0.0242. The number of aromatic nitrogens is 1. The van der Waals surface area contributed by atoms with Crippen LogP contribution in [0.25, 0.3) is 0 Å². The zero-order chi connectivity index (χ0) is 24.9. The normalized spacial score (nSPS) is 21.3. The summed E-state index contributed by atoms with van der Waals surface area (Å²) >= 11 is 7.01. The second-order valence-electron chi connectivity index (χ2n) is 8.46.